The molecule has 0 atom stereocenters. The lowest BCUT2D eigenvalue weighted by Gasteiger charge is -2.18. The summed E-state index contributed by atoms with van der Waals surface area (Å²) >= 11 is 0.994. The first-order valence-corrected chi connectivity index (χ1v) is 9.53. The molecule has 0 aliphatic rings. The Morgan fingerprint density at radius 3 is 2.56 bits per heavy atom. The maximum Gasteiger partial charge on any atom is 0.245 e. The number of hydrogen-bond donors (Lipinski definition) is 0. The average Bonchev–Trinajstić information content (AvgIpc) is 3.09. The Hall–Kier alpha value is -2.23. The van der Waals surface area contributed by atoms with Crippen molar-refractivity contribution >= 4 is 32.8 Å². The van der Waals surface area contributed by atoms with E-state index in [4.69, 9.17) is 9.47 Å². The third kappa shape index (κ3) is 3.30. The number of aromatic nitrogens is 2. The minimum Gasteiger partial charge on any atom is -0.493 e. The maximum atomic E-state index is 12.9. The van der Waals surface area contributed by atoms with Gasteiger partial charge in [0.1, 0.15) is 15.9 Å². The smallest absolute Gasteiger partial charge is 0.245 e. The van der Waals surface area contributed by atoms with Gasteiger partial charge in [-0.1, -0.05) is 12.1 Å². The van der Waals surface area contributed by atoms with Gasteiger partial charge < -0.3 is 9.47 Å². The largest absolute Gasteiger partial charge is 0.493 e. The van der Waals surface area contributed by atoms with Crippen LogP contribution in [-0.2, 0) is 16.6 Å². The molecule has 132 valence electrons. The van der Waals surface area contributed by atoms with Crippen LogP contribution in [-0.4, -0.2) is 42.7 Å². The molecule has 2 aromatic carbocycles. The lowest BCUT2D eigenvalue weighted by Crippen LogP contribution is -2.26. The summed E-state index contributed by atoms with van der Waals surface area (Å²) in [6, 6.07) is 10.3. The second-order valence-corrected chi connectivity index (χ2v) is 7.88. The van der Waals surface area contributed by atoms with E-state index in [-0.39, 0.29) is 11.4 Å². The van der Waals surface area contributed by atoms with Crippen LogP contribution in [0.2, 0.25) is 0 Å². The predicted octanol–water partition coefficient (Wildman–Crippen LogP) is 2.53. The van der Waals surface area contributed by atoms with Crippen molar-refractivity contribution in [3.8, 4) is 11.5 Å². The average molecular weight is 379 g/mol. The zero-order chi connectivity index (χ0) is 18.0. The molecule has 7 nitrogen and oxygen atoms in total. The zero-order valence-electron chi connectivity index (χ0n) is 14.0. The molecule has 0 saturated heterocycles. The van der Waals surface area contributed by atoms with Crippen LogP contribution in [0.5, 0.6) is 11.5 Å². The topological polar surface area (TPSA) is 81.6 Å². The molecule has 3 rings (SSSR count). The second kappa shape index (κ2) is 6.95. The summed E-state index contributed by atoms with van der Waals surface area (Å²) in [7, 11) is 0.921. The van der Waals surface area contributed by atoms with Crippen molar-refractivity contribution in [2.75, 3.05) is 21.3 Å². The van der Waals surface area contributed by atoms with Gasteiger partial charge in [0, 0.05) is 13.6 Å². The Labute approximate surface area is 150 Å². The first-order chi connectivity index (χ1) is 12.0. The molecule has 0 radical (unpaired) electrons. The quantitative estimate of drug-likeness (QED) is 0.655. The molecule has 0 aliphatic carbocycles. The summed E-state index contributed by atoms with van der Waals surface area (Å²) in [4.78, 5) is 0.154. The fourth-order valence-corrected chi connectivity index (χ4v) is 4.39. The number of ether oxygens (including phenoxy) is 2. The Morgan fingerprint density at radius 2 is 1.84 bits per heavy atom. The minimum atomic E-state index is -3.70. The molecule has 0 N–H and O–H groups in total. The Bertz CT molecular complexity index is 1000. The van der Waals surface area contributed by atoms with E-state index in [9.17, 15) is 8.42 Å². The van der Waals surface area contributed by atoms with Crippen molar-refractivity contribution in [1.82, 2.24) is 13.1 Å². The number of nitrogens with zero attached hydrogens (tertiary/aromatic N) is 3. The van der Waals surface area contributed by atoms with Gasteiger partial charge in [0.15, 0.2) is 11.5 Å². The molecule has 9 heteroatoms. The summed E-state index contributed by atoms with van der Waals surface area (Å²) in [5.41, 5.74) is 1.75. The highest BCUT2D eigenvalue weighted by molar-refractivity contribution is 7.89. The monoisotopic (exact) mass is 379 g/mol. The van der Waals surface area contributed by atoms with Crippen LogP contribution < -0.4 is 9.47 Å². The van der Waals surface area contributed by atoms with Gasteiger partial charge in [-0.15, -0.1) is 0 Å². The Morgan fingerprint density at radius 1 is 1.08 bits per heavy atom. The number of fused-ring (bicyclic) bond motifs is 1. The third-order valence-corrected chi connectivity index (χ3v) is 6.17. The van der Waals surface area contributed by atoms with Crippen molar-refractivity contribution < 1.29 is 17.9 Å². The van der Waals surface area contributed by atoms with E-state index in [1.165, 1.54) is 18.5 Å². The predicted molar refractivity (Wildman–Crippen MR) is 95.6 cm³/mol. The molecule has 3 aromatic rings. The summed E-state index contributed by atoms with van der Waals surface area (Å²) < 4.78 is 45.8. The van der Waals surface area contributed by atoms with E-state index in [0.29, 0.717) is 22.5 Å². The maximum absolute atomic E-state index is 12.9. The molecule has 0 saturated carbocycles. The van der Waals surface area contributed by atoms with Crippen molar-refractivity contribution in [2.24, 2.45) is 0 Å². The fraction of sp³-hybridized carbons (Fsp3) is 0.250. The van der Waals surface area contributed by atoms with Crippen LogP contribution in [0.25, 0.3) is 11.0 Å². The highest BCUT2D eigenvalue weighted by atomic mass is 32.2. The molecule has 0 fully saturated rings. The van der Waals surface area contributed by atoms with Crippen LogP contribution in [0.3, 0.4) is 0 Å². The van der Waals surface area contributed by atoms with Gasteiger partial charge in [-0.25, -0.2) is 8.42 Å². The van der Waals surface area contributed by atoms with Gasteiger partial charge in [0.2, 0.25) is 10.0 Å². The molecular formula is C16H17N3O4S2. The molecular weight excluding hydrogens is 362 g/mol. The summed E-state index contributed by atoms with van der Waals surface area (Å²) in [6.45, 7) is 0.191. The molecule has 0 unspecified atom stereocenters. The van der Waals surface area contributed by atoms with Crippen LogP contribution in [0, 0.1) is 0 Å². The molecule has 0 spiro atoms. The van der Waals surface area contributed by atoms with E-state index in [0.717, 1.165) is 17.3 Å². The molecule has 0 bridgehead atoms. The fourth-order valence-electron chi connectivity index (χ4n) is 2.48. The van der Waals surface area contributed by atoms with Gasteiger partial charge in [-0.2, -0.15) is 13.1 Å². The van der Waals surface area contributed by atoms with Crippen LogP contribution >= 0.6 is 11.7 Å². The molecule has 0 amide bonds. The van der Waals surface area contributed by atoms with E-state index >= 15 is 0 Å². The van der Waals surface area contributed by atoms with E-state index < -0.39 is 10.0 Å². The first-order valence-electron chi connectivity index (χ1n) is 7.36. The van der Waals surface area contributed by atoms with Gasteiger partial charge in [0.05, 0.1) is 25.9 Å². The number of hydrogen-bond acceptors (Lipinski definition) is 7. The van der Waals surface area contributed by atoms with E-state index in [1.807, 2.05) is 0 Å². The third-order valence-electron chi connectivity index (χ3n) is 3.79. The first kappa shape index (κ1) is 17.6. The summed E-state index contributed by atoms with van der Waals surface area (Å²) in [6.07, 6.45) is 0. The molecule has 1 heterocycles. The highest BCUT2D eigenvalue weighted by Crippen LogP contribution is 2.29. The van der Waals surface area contributed by atoms with Crippen LogP contribution in [0.15, 0.2) is 41.3 Å². The highest BCUT2D eigenvalue weighted by Gasteiger charge is 2.25. The number of sulfonamides is 1. The SMILES string of the molecule is COc1ccc(CN(C)S(=O)(=O)c2cccc3nsnc23)cc1OC. The summed E-state index contributed by atoms with van der Waals surface area (Å²) in [5, 5.41) is 0. The summed E-state index contributed by atoms with van der Waals surface area (Å²) in [5.74, 6) is 1.15. The zero-order valence-corrected chi connectivity index (χ0v) is 15.6. The number of benzene rings is 2. The van der Waals surface area contributed by atoms with Crippen molar-refractivity contribution in [2.45, 2.75) is 11.4 Å². The lowest BCUT2D eigenvalue weighted by molar-refractivity contribution is 0.354. The van der Waals surface area contributed by atoms with Crippen LogP contribution in [0.1, 0.15) is 5.56 Å². The van der Waals surface area contributed by atoms with Gasteiger partial charge in [-0.05, 0) is 29.8 Å². The van der Waals surface area contributed by atoms with Crippen molar-refractivity contribution in [3.63, 3.8) is 0 Å². The lowest BCUT2D eigenvalue weighted by atomic mass is 10.2. The second-order valence-electron chi connectivity index (χ2n) is 5.34. The Kier molecular flexibility index (Phi) is 4.89. The number of rotatable bonds is 6. The van der Waals surface area contributed by atoms with Crippen molar-refractivity contribution in [3.05, 3.63) is 42.0 Å². The number of methoxy groups -OCH3 is 2. The molecule has 25 heavy (non-hydrogen) atoms. The van der Waals surface area contributed by atoms with Crippen LogP contribution in [0.4, 0.5) is 0 Å². The minimum absolute atomic E-state index is 0.154. The molecule has 1 aromatic heterocycles. The normalized spacial score (nSPS) is 11.8. The van der Waals surface area contributed by atoms with Gasteiger partial charge in [-0.3, -0.25) is 0 Å². The Balaban J connectivity index is 1.92. The van der Waals surface area contributed by atoms with Crippen molar-refractivity contribution in [1.29, 1.82) is 0 Å². The van der Waals surface area contributed by atoms with E-state index in [1.54, 1.807) is 43.5 Å². The van der Waals surface area contributed by atoms with Gasteiger partial charge in [0.25, 0.3) is 0 Å². The molecule has 0 aliphatic heterocycles. The van der Waals surface area contributed by atoms with E-state index in [2.05, 4.69) is 8.75 Å². The standard InChI is InChI=1S/C16H17N3O4S2/c1-19(10-11-7-8-13(22-2)14(9-11)23-3)25(20,21)15-6-4-5-12-16(15)18-24-17-12/h4-9H,10H2,1-3H3. The van der Waals surface area contributed by atoms with Gasteiger partial charge >= 0.3 is 0 Å².